The Hall–Kier alpha value is -2.99. The molecule has 0 bridgehead atoms. The first kappa shape index (κ1) is 19.9. The van der Waals surface area contributed by atoms with E-state index in [1.54, 1.807) is 0 Å². The van der Waals surface area contributed by atoms with Crippen LogP contribution in [0.3, 0.4) is 0 Å². The molecule has 3 heterocycles. The van der Waals surface area contributed by atoms with Crippen molar-refractivity contribution in [3.8, 4) is 11.4 Å². The quantitative estimate of drug-likeness (QED) is 0.637. The third kappa shape index (κ3) is 4.00. The number of carbonyl (C=O) groups is 1. The standard InChI is InChI=1S/C25H28N4O2/c1-17-6-5-8-21(14-17)24-26-23(31-27-24)16-28-12-10-19(11-13-28)25(30)29-18(2)15-20-7-3-4-9-22(20)29/h3-9,14,18-19H,10-13,15-16H2,1-2H3. The Morgan fingerprint density at radius 2 is 1.94 bits per heavy atom. The van der Waals surface area contributed by atoms with Crippen LogP contribution in [0.2, 0.25) is 0 Å². The van der Waals surface area contributed by atoms with E-state index >= 15 is 0 Å². The van der Waals surface area contributed by atoms with Crippen LogP contribution in [0.15, 0.2) is 53.1 Å². The van der Waals surface area contributed by atoms with Crippen molar-refractivity contribution < 1.29 is 9.32 Å². The van der Waals surface area contributed by atoms with Crippen LogP contribution >= 0.6 is 0 Å². The van der Waals surface area contributed by atoms with E-state index in [-0.39, 0.29) is 17.9 Å². The van der Waals surface area contributed by atoms with Crippen molar-refractivity contribution in [2.75, 3.05) is 18.0 Å². The second-order valence-electron chi connectivity index (χ2n) is 8.82. The maximum atomic E-state index is 13.3. The molecule has 31 heavy (non-hydrogen) atoms. The number of benzene rings is 2. The van der Waals surface area contributed by atoms with Crippen molar-refractivity contribution in [2.45, 2.75) is 45.7 Å². The lowest BCUT2D eigenvalue weighted by Crippen LogP contribution is -2.44. The highest BCUT2D eigenvalue weighted by molar-refractivity contribution is 5.97. The molecule has 6 heteroatoms. The summed E-state index contributed by atoms with van der Waals surface area (Å²) < 4.78 is 5.49. The van der Waals surface area contributed by atoms with Gasteiger partial charge in [-0.3, -0.25) is 9.69 Å². The number of para-hydroxylation sites is 1. The molecule has 1 aromatic heterocycles. The van der Waals surface area contributed by atoms with Crippen LogP contribution in [0.4, 0.5) is 5.69 Å². The number of carbonyl (C=O) groups excluding carboxylic acids is 1. The van der Waals surface area contributed by atoms with Gasteiger partial charge in [-0.25, -0.2) is 0 Å². The van der Waals surface area contributed by atoms with E-state index in [0.717, 1.165) is 43.6 Å². The van der Waals surface area contributed by atoms with Gasteiger partial charge < -0.3 is 9.42 Å². The first-order valence-electron chi connectivity index (χ1n) is 11.1. The summed E-state index contributed by atoms with van der Waals surface area (Å²) in [6, 6.07) is 16.6. The molecule has 3 aromatic rings. The summed E-state index contributed by atoms with van der Waals surface area (Å²) in [5, 5.41) is 4.14. The average molecular weight is 417 g/mol. The third-order valence-corrected chi connectivity index (χ3v) is 6.48. The fourth-order valence-electron chi connectivity index (χ4n) is 4.85. The van der Waals surface area contributed by atoms with Crippen molar-refractivity contribution >= 4 is 11.6 Å². The zero-order valence-electron chi connectivity index (χ0n) is 18.1. The first-order chi connectivity index (χ1) is 15.1. The second kappa shape index (κ2) is 8.27. The van der Waals surface area contributed by atoms with Crippen LogP contribution in [0.1, 0.15) is 36.8 Å². The number of rotatable bonds is 4. The molecule has 0 radical (unpaired) electrons. The number of piperidine rings is 1. The highest BCUT2D eigenvalue weighted by Crippen LogP contribution is 2.34. The van der Waals surface area contributed by atoms with E-state index in [4.69, 9.17) is 4.52 Å². The monoisotopic (exact) mass is 416 g/mol. The Morgan fingerprint density at radius 3 is 2.74 bits per heavy atom. The molecule has 1 fully saturated rings. The number of hydrogen-bond acceptors (Lipinski definition) is 5. The lowest BCUT2D eigenvalue weighted by Gasteiger charge is -2.34. The molecule has 0 aliphatic carbocycles. The normalized spacial score (nSPS) is 19.5. The summed E-state index contributed by atoms with van der Waals surface area (Å²) in [6.07, 6.45) is 2.67. The molecule has 0 N–H and O–H groups in total. The van der Waals surface area contributed by atoms with Crippen molar-refractivity contribution in [3.63, 3.8) is 0 Å². The number of fused-ring (bicyclic) bond motifs is 1. The molecule has 160 valence electrons. The van der Waals surface area contributed by atoms with Gasteiger partial charge in [0.15, 0.2) is 0 Å². The fourth-order valence-corrected chi connectivity index (χ4v) is 4.85. The molecule has 0 spiro atoms. The van der Waals surface area contributed by atoms with Gasteiger partial charge in [0.05, 0.1) is 6.54 Å². The van der Waals surface area contributed by atoms with Crippen LogP contribution < -0.4 is 4.90 Å². The third-order valence-electron chi connectivity index (χ3n) is 6.48. The van der Waals surface area contributed by atoms with Crippen LogP contribution in [0, 0.1) is 12.8 Å². The molecule has 1 unspecified atom stereocenters. The number of nitrogens with zero attached hydrogens (tertiary/aromatic N) is 4. The van der Waals surface area contributed by atoms with Gasteiger partial charge >= 0.3 is 0 Å². The Kier molecular flexibility index (Phi) is 5.32. The van der Waals surface area contributed by atoms with Crippen LogP contribution in [0.5, 0.6) is 0 Å². The topological polar surface area (TPSA) is 62.5 Å². The maximum Gasteiger partial charge on any atom is 0.241 e. The molecule has 2 aromatic carbocycles. The molecule has 5 rings (SSSR count). The van der Waals surface area contributed by atoms with Gasteiger partial charge in [0.25, 0.3) is 0 Å². The van der Waals surface area contributed by atoms with Crippen LogP contribution in [-0.4, -0.2) is 40.1 Å². The summed E-state index contributed by atoms with van der Waals surface area (Å²) in [5.41, 5.74) is 4.52. The fraction of sp³-hybridized carbons (Fsp3) is 0.400. The number of hydrogen-bond donors (Lipinski definition) is 0. The lowest BCUT2D eigenvalue weighted by atomic mass is 9.95. The SMILES string of the molecule is Cc1cccc(-c2noc(CN3CCC(C(=O)N4c5ccccc5CC4C)CC3)n2)c1. The minimum atomic E-state index is 0.0791. The van der Waals surface area contributed by atoms with Gasteiger partial charge in [-0.15, -0.1) is 0 Å². The van der Waals surface area contributed by atoms with Gasteiger partial charge in [-0.1, -0.05) is 47.1 Å². The molecule has 1 atom stereocenters. The van der Waals surface area contributed by atoms with E-state index in [1.165, 1.54) is 11.1 Å². The van der Waals surface area contributed by atoms with Crippen LogP contribution in [-0.2, 0) is 17.8 Å². The predicted molar refractivity (Wildman–Crippen MR) is 120 cm³/mol. The van der Waals surface area contributed by atoms with E-state index in [0.29, 0.717) is 18.3 Å². The summed E-state index contributed by atoms with van der Waals surface area (Å²) >= 11 is 0. The zero-order chi connectivity index (χ0) is 21.4. The zero-order valence-corrected chi connectivity index (χ0v) is 18.1. The first-order valence-corrected chi connectivity index (χ1v) is 11.1. The summed E-state index contributed by atoms with van der Waals surface area (Å²) in [5.74, 6) is 1.61. The number of aromatic nitrogens is 2. The molecular weight excluding hydrogens is 388 g/mol. The Morgan fingerprint density at radius 1 is 1.13 bits per heavy atom. The van der Waals surface area contributed by atoms with Gasteiger partial charge in [-0.05, 0) is 63.9 Å². The largest absolute Gasteiger partial charge is 0.338 e. The van der Waals surface area contributed by atoms with Crippen molar-refractivity contribution in [3.05, 3.63) is 65.5 Å². The molecule has 1 amide bonds. The van der Waals surface area contributed by atoms with Gasteiger partial charge in [0, 0.05) is 23.2 Å². The highest BCUT2D eigenvalue weighted by Gasteiger charge is 2.36. The number of anilines is 1. The minimum Gasteiger partial charge on any atom is -0.338 e. The van der Waals surface area contributed by atoms with Crippen LogP contribution in [0.25, 0.3) is 11.4 Å². The summed E-state index contributed by atoms with van der Waals surface area (Å²) in [6.45, 7) is 6.55. The smallest absolute Gasteiger partial charge is 0.241 e. The van der Waals surface area contributed by atoms with Crippen molar-refractivity contribution in [1.82, 2.24) is 15.0 Å². The summed E-state index contributed by atoms with van der Waals surface area (Å²) in [7, 11) is 0. The van der Waals surface area contributed by atoms with Gasteiger partial charge in [0.2, 0.25) is 17.6 Å². The van der Waals surface area contributed by atoms with E-state index in [9.17, 15) is 4.79 Å². The van der Waals surface area contributed by atoms with E-state index in [1.807, 2.05) is 23.1 Å². The number of aryl methyl sites for hydroxylation is 1. The van der Waals surface area contributed by atoms with E-state index < -0.39 is 0 Å². The van der Waals surface area contributed by atoms with Crippen molar-refractivity contribution in [2.24, 2.45) is 5.92 Å². The molecule has 1 saturated heterocycles. The second-order valence-corrected chi connectivity index (χ2v) is 8.82. The van der Waals surface area contributed by atoms with Gasteiger partial charge in [-0.2, -0.15) is 4.98 Å². The molecule has 0 saturated carbocycles. The van der Waals surface area contributed by atoms with Crippen molar-refractivity contribution in [1.29, 1.82) is 0 Å². The molecule has 2 aliphatic heterocycles. The van der Waals surface area contributed by atoms with E-state index in [2.05, 4.69) is 59.2 Å². The minimum absolute atomic E-state index is 0.0791. The highest BCUT2D eigenvalue weighted by atomic mass is 16.5. The molecular formula is C25H28N4O2. The predicted octanol–water partition coefficient (Wildman–Crippen LogP) is 4.23. The maximum absolute atomic E-state index is 13.3. The molecule has 6 nitrogen and oxygen atoms in total. The number of amides is 1. The summed E-state index contributed by atoms with van der Waals surface area (Å²) in [4.78, 5) is 22.2. The Bertz CT molecular complexity index is 1080. The Labute approximate surface area is 182 Å². The number of likely N-dealkylation sites (tertiary alicyclic amines) is 1. The molecule has 2 aliphatic rings. The van der Waals surface area contributed by atoms with Gasteiger partial charge in [0.1, 0.15) is 0 Å². The Balaban J connectivity index is 1.19. The average Bonchev–Trinajstić information content (AvgIpc) is 3.37. The lowest BCUT2D eigenvalue weighted by molar-refractivity contribution is -0.124.